The van der Waals surface area contributed by atoms with Gasteiger partial charge in [0.15, 0.2) is 0 Å². The number of imide groups is 1. The molecule has 0 spiro atoms. The molecule has 2 aliphatic heterocycles. The Labute approximate surface area is 234 Å². The summed E-state index contributed by atoms with van der Waals surface area (Å²) in [6, 6.07) is 11.0. The molecule has 1 saturated heterocycles. The Morgan fingerprint density at radius 3 is 2.33 bits per heavy atom. The van der Waals surface area contributed by atoms with Gasteiger partial charge in [-0.2, -0.15) is 18.4 Å². The van der Waals surface area contributed by atoms with Gasteiger partial charge in [-0.15, -0.1) is 0 Å². The number of rotatable bonds is 7. The number of unbranched alkanes of at least 4 members (excludes halogenated alkanes) is 1. The zero-order chi connectivity index (χ0) is 29.0. The molecule has 0 saturated carbocycles. The Kier molecular flexibility index (Phi) is 8.81. The van der Waals surface area contributed by atoms with Gasteiger partial charge in [-0.25, -0.2) is 9.69 Å². The lowest BCUT2D eigenvalue weighted by Crippen LogP contribution is -2.50. The number of carbonyl (C=O) groups is 3. The van der Waals surface area contributed by atoms with Crippen LogP contribution in [0.25, 0.3) is 0 Å². The molecule has 2 aliphatic rings. The number of hydrogen-bond acceptors (Lipinski definition) is 5. The first-order valence-corrected chi connectivity index (χ1v) is 13.1. The van der Waals surface area contributed by atoms with Crippen LogP contribution in [0.5, 0.6) is 0 Å². The van der Waals surface area contributed by atoms with Gasteiger partial charge < -0.3 is 10.2 Å². The van der Waals surface area contributed by atoms with Crippen molar-refractivity contribution in [3.05, 3.63) is 69.8 Å². The highest BCUT2D eigenvalue weighted by atomic mass is 35.5. The first kappa shape index (κ1) is 29.1. The van der Waals surface area contributed by atoms with E-state index in [-0.39, 0.29) is 22.9 Å². The van der Waals surface area contributed by atoms with Crippen molar-refractivity contribution in [2.45, 2.75) is 32.4 Å². The monoisotopic (exact) mass is 573 g/mol. The van der Waals surface area contributed by atoms with Crippen LogP contribution in [0.3, 0.4) is 0 Å². The summed E-state index contributed by atoms with van der Waals surface area (Å²) in [6.45, 7) is 4.77. The van der Waals surface area contributed by atoms with Crippen molar-refractivity contribution in [3.8, 4) is 6.07 Å². The molecule has 1 fully saturated rings. The molecule has 12 heteroatoms. The SMILES string of the molecule is CC1=C(CCCCN2CCN(C(=O)Nc3ccc(Cl)cc3)CC2)C(=O)N(c2ccc(C#N)c(C(F)(F)F)c2)C1=O. The van der Waals surface area contributed by atoms with Crippen LogP contribution in [0.4, 0.5) is 29.3 Å². The van der Waals surface area contributed by atoms with Crippen LogP contribution < -0.4 is 10.2 Å². The maximum Gasteiger partial charge on any atom is 0.417 e. The summed E-state index contributed by atoms with van der Waals surface area (Å²) in [5.41, 5.74) is -0.826. The third-order valence-corrected chi connectivity index (χ3v) is 7.28. The van der Waals surface area contributed by atoms with Gasteiger partial charge in [0.05, 0.1) is 22.9 Å². The topological polar surface area (TPSA) is 96.8 Å². The molecule has 4 rings (SSSR count). The fourth-order valence-electron chi connectivity index (χ4n) is 4.76. The van der Waals surface area contributed by atoms with E-state index in [4.69, 9.17) is 16.9 Å². The number of halogens is 4. The van der Waals surface area contributed by atoms with Gasteiger partial charge in [0, 0.05) is 48.0 Å². The van der Waals surface area contributed by atoms with Crippen LogP contribution in [0.15, 0.2) is 53.6 Å². The molecule has 0 unspecified atom stereocenters. The van der Waals surface area contributed by atoms with E-state index < -0.39 is 29.1 Å². The van der Waals surface area contributed by atoms with Gasteiger partial charge in [0.25, 0.3) is 11.8 Å². The molecule has 2 aromatic carbocycles. The second-order valence-corrected chi connectivity index (χ2v) is 10.0. The molecular formula is C28H27ClF3N5O3. The maximum absolute atomic E-state index is 13.4. The molecule has 0 atom stereocenters. The van der Waals surface area contributed by atoms with Crippen LogP contribution in [-0.4, -0.2) is 60.4 Å². The molecule has 210 valence electrons. The fraction of sp³-hybridized carbons (Fsp3) is 0.357. The van der Waals surface area contributed by atoms with Gasteiger partial charge in [0.2, 0.25) is 0 Å². The van der Waals surface area contributed by atoms with E-state index in [0.29, 0.717) is 55.8 Å². The average Bonchev–Trinajstić information content (AvgIpc) is 3.14. The third-order valence-electron chi connectivity index (χ3n) is 7.03. The molecule has 2 heterocycles. The third kappa shape index (κ3) is 6.46. The van der Waals surface area contributed by atoms with Crippen LogP contribution in [0, 0.1) is 11.3 Å². The predicted molar refractivity (Wildman–Crippen MR) is 144 cm³/mol. The smallest absolute Gasteiger partial charge is 0.322 e. The Bertz CT molecular complexity index is 1380. The summed E-state index contributed by atoms with van der Waals surface area (Å²) in [7, 11) is 0. The lowest BCUT2D eigenvalue weighted by molar-refractivity contribution is -0.138. The number of amides is 4. The first-order chi connectivity index (χ1) is 19.0. The lowest BCUT2D eigenvalue weighted by atomic mass is 10.0. The minimum atomic E-state index is -4.80. The van der Waals surface area contributed by atoms with Crippen LogP contribution in [0.2, 0.25) is 5.02 Å². The van der Waals surface area contributed by atoms with E-state index in [0.717, 1.165) is 23.9 Å². The highest BCUT2D eigenvalue weighted by molar-refractivity contribution is 6.32. The van der Waals surface area contributed by atoms with Crippen molar-refractivity contribution < 1.29 is 27.6 Å². The number of urea groups is 1. The van der Waals surface area contributed by atoms with Gasteiger partial charge in [-0.3, -0.25) is 14.5 Å². The molecule has 0 aliphatic carbocycles. The Hall–Kier alpha value is -3.88. The van der Waals surface area contributed by atoms with Crippen molar-refractivity contribution in [2.75, 3.05) is 42.9 Å². The van der Waals surface area contributed by atoms with Crippen molar-refractivity contribution in [3.63, 3.8) is 0 Å². The average molecular weight is 574 g/mol. The quantitative estimate of drug-likeness (QED) is 0.351. The number of piperazine rings is 1. The van der Waals surface area contributed by atoms with E-state index >= 15 is 0 Å². The number of nitrogens with one attached hydrogen (secondary N) is 1. The summed E-state index contributed by atoms with van der Waals surface area (Å²) in [6.07, 6.45) is -3.13. The fourth-order valence-corrected chi connectivity index (χ4v) is 4.89. The zero-order valence-corrected chi connectivity index (χ0v) is 22.5. The number of nitrogens with zero attached hydrogens (tertiary/aromatic N) is 4. The molecule has 4 amide bonds. The minimum absolute atomic E-state index is 0.178. The summed E-state index contributed by atoms with van der Waals surface area (Å²) >= 11 is 5.87. The van der Waals surface area contributed by atoms with Crippen LogP contribution >= 0.6 is 11.6 Å². The summed E-state index contributed by atoms with van der Waals surface area (Å²) in [5, 5.41) is 12.4. The number of benzene rings is 2. The molecule has 1 N–H and O–H groups in total. The number of hydrogen-bond donors (Lipinski definition) is 1. The van der Waals surface area contributed by atoms with E-state index in [1.54, 1.807) is 29.2 Å². The highest BCUT2D eigenvalue weighted by Gasteiger charge is 2.39. The number of alkyl halides is 3. The van der Waals surface area contributed by atoms with E-state index in [2.05, 4.69) is 10.2 Å². The zero-order valence-electron chi connectivity index (χ0n) is 21.7. The van der Waals surface area contributed by atoms with Gasteiger partial charge in [-0.05, 0) is 75.2 Å². The van der Waals surface area contributed by atoms with Crippen LogP contribution in [-0.2, 0) is 15.8 Å². The summed E-state index contributed by atoms with van der Waals surface area (Å²) in [4.78, 5) is 43.0. The van der Waals surface area contributed by atoms with Gasteiger partial charge in [0.1, 0.15) is 0 Å². The van der Waals surface area contributed by atoms with Gasteiger partial charge >= 0.3 is 12.2 Å². The maximum atomic E-state index is 13.4. The predicted octanol–water partition coefficient (Wildman–Crippen LogP) is 5.44. The standard InChI is InChI=1S/C28H27ClF3N5O3/c1-18-23(26(39)37(25(18)38)22-10-5-19(17-33)24(16-22)28(30,31)32)4-2-3-11-35-12-14-36(15-13-35)27(40)34-21-8-6-20(29)7-9-21/h5-10,16H,2-4,11-15H2,1H3,(H,34,40). The molecule has 0 bridgehead atoms. The van der Waals surface area contributed by atoms with Crippen molar-refractivity contribution in [1.29, 1.82) is 5.26 Å². The molecule has 0 radical (unpaired) electrons. The van der Waals surface area contributed by atoms with Crippen molar-refractivity contribution >= 4 is 40.8 Å². The van der Waals surface area contributed by atoms with Crippen molar-refractivity contribution in [2.24, 2.45) is 0 Å². The van der Waals surface area contributed by atoms with E-state index in [9.17, 15) is 27.6 Å². The van der Waals surface area contributed by atoms with E-state index in [1.807, 2.05) is 0 Å². The largest absolute Gasteiger partial charge is 0.417 e. The summed E-state index contributed by atoms with van der Waals surface area (Å²) < 4.78 is 40.2. The minimum Gasteiger partial charge on any atom is -0.322 e. The van der Waals surface area contributed by atoms with Crippen LogP contribution in [0.1, 0.15) is 37.3 Å². The molecule has 40 heavy (non-hydrogen) atoms. The Morgan fingerprint density at radius 1 is 1.02 bits per heavy atom. The normalized spacial score (nSPS) is 16.5. The number of carbonyl (C=O) groups excluding carboxylic acids is 3. The number of nitriles is 1. The molecule has 2 aromatic rings. The number of anilines is 2. The first-order valence-electron chi connectivity index (χ1n) is 12.7. The summed E-state index contributed by atoms with van der Waals surface area (Å²) in [5.74, 6) is -1.30. The second kappa shape index (κ2) is 12.1. The second-order valence-electron chi connectivity index (χ2n) is 9.61. The van der Waals surface area contributed by atoms with E-state index in [1.165, 1.54) is 19.1 Å². The molecule has 8 nitrogen and oxygen atoms in total. The Balaban J connectivity index is 1.26. The van der Waals surface area contributed by atoms with Crippen molar-refractivity contribution in [1.82, 2.24) is 9.80 Å². The molecular weight excluding hydrogens is 547 g/mol. The highest BCUT2D eigenvalue weighted by Crippen LogP contribution is 2.37. The Morgan fingerprint density at radius 2 is 1.70 bits per heavy atom. The molecule has 0 aromatic heterocycles. The van der Waals surface area contributed by atoms with Gasteiger partial charge in [-0.1, -0.05) is 11.6 Å². The lowest BCUT2D eigenvalue weighted by Gasteiger charge is -2.34.